The van der Waals surface area contributed by atoms with Crippen molar-refractivity contribution in [2.45, 2.75) is 12.7 Å². The van der Waals surface area contributed by atoms with Crippen molar-refractivity contribution in [2.75, 3.05) is 7.11 Å². The number of ether oxygens (including phenoxy) is 1. The summed E-state index contributed by atoms with van der Waals surface area (Å²) in [5.41, 5.74) is -0.509. The molecule has 1 N–H and O–H groups in total. The van der Waals surface area contributed by atoms with Crippen LogP contribution in [0, 0.1) is 0 Å². The highest BCUT2D eigenvalue weighted by Crippen LogP contribution is 2.31. The summed E-state index contributed by atoms with van der Waals surface area (Å²) in [7, 11) is 1.48. The smallest absolute Gasteiger partial charge is 0.416 e. The number of imide groups is 1. The molecule has 0 aliphatic carbocycles. The standard InChI is InChI=1S/C18H14F3N5O3/c1-29-14-7-5-11(6-8-14)17(28)22-15(27)10-26-24-16(23-25-26)12-3-2-4-13(9-12)18(19,20)21/h2-9H,10H2,1H3,(H,22,27,28). The van der Waals surface area contributed by atoms with Crippen LogP contribution in [-0.4, -0.2) is 39.1 Å². The molecule has 0 atom stereocenters. The van der Waals surface area contributed by atoms with Gasteiger partial charge in [-0.25, -0.2) is 0 Å². The second-order valence-electron chi connectivity index (χ2n) is 5.83. The van der Waals surface area contributed by atoms with Gasteiger partial charge in [-0.15, -0.1) is 10.2 Å². The third kappa shape index (κ3) is 4.94. The third-order valence-corrected chi connectivity index (χ3v) is 3.79. The number of aromatic nitrogens is 4. The number of rotatable bonds is 5. The average Bonchev–Trinajstić information content (AvgIpc) is 3.15. The van der Waals surface area contributed by atoms with Gasteiger partial charge in [0.2, 0.25) is 11.7 Å². The normalized spacial score (nSPS) is 11.2. The summed E-state index contributed by atoms with van der Waals surface area (Å²) < 4.78 is 43.4. The van der Waals surface area contributed by atoms with E-state index in [1.165, 1.54) is 31.4 Å². The highest BCUT2D eigenvalue weighted by Gasteiger charge is 2.30. The van der Waals surface area contributed by atoms with Crippen molar-refractivity contribution in [3.05, 3.63) is 59.7 Å². The molecule has 1 aromatic heterocycles. The largest absolute Gasteiger partial charge is 0.497 e. The van der Waals surface area contributed by atoms with E-state index in [-0.39, 0.29) is 17.0 Å². The Morgan fingerprint density at radius 2 is 1.86 bits per heavy atom. The molecule has 1 heterocycles. The van der Waals surface area contributed by atoms with Crippen LogP contribution < -0.4 is 10.1 Å². The van der Waals surface area contributed by atoms with Crippen LogP contribution in [0.3, 0.4) is 0 Å². The van der Waals surface area contributed by atoms with Crippen molar-refractivity contribution in [3.8, 4) is 17.1 Å². The van der Waals surface area contributed by atoms with E-state index in [4.69, 9.17) is 4.74 Å². The van der Waals surface area contributed by atoms with Crippen LogP contribution in [0.15, 0.2) is 48.5 Å². The Morgan fingerprint density at radius 3 is 2.52 bits per heavy atom. The van der Waals surface area contributed by atoms with Gasteiger partial charge in [0.15, 0.2) is 0 Å². The number of alkyl halides is 3. The molecule has 2 aromatic carbocycles. The van der Waals surface area contributed by atoms with Crippen molar-refractivity contribution in [1.29, 1.82) is 0 Å². The minimum Gasteiger partial charge on any atom is -0.497 e. The number of tetrazole rings is 1. The van der Waals surface area contributed by atoms with E-state index in [0.29, 0.717) is 5.75 Å². The molecule has 29 heavy (non-hydrogen) atoms. The van der Waals surface area contributed by atoms with Gasteiger partial charge in [-0.2, -0.15) is 18.0 Å². The van der Waals surface area contributed by atoms with Gasteiger partial charge in [0, 0.05) is 11.1 Å². The average molecular weight is 405 g/mol. The number of nitrogens with one attached hydrogen (secondary N) is 1. The molecule has 11 heteroatoms. The Balaban J connectivity index is 1.65. The van der Waals surface area contributed by atoms with Crippen molar-refractivity contribution in [3.63, 3.8) is 0 Å². The van der Waals surface area contributed by atoms with Gasteiger partial charge in [-0.3, -0.25) is 14.9 Å². The number of hydrogen-bond donors (Lipinski definition) is 1. The second kappa shape index (κ2) is 8.09. The Hall–Kier alpha value is -3.76. The molecule has 0 aliphatic rings. The topological polar surface area (TPSA) is 99.0 Å². The highest BCUT2D eigenvalue weighted by atomic mass is 19.4. The van der Waals surface area contributed by atoms with Crippen LogP contribution in [0.1, 0.15) is 15.9 Å². The van der Waals surface area contributed by atoms with E-state index < -0.39 is 30.1 Å². The second-order valence-corrected chi connectivity index (χ2v) is 5.83. The number of carbonyl (C=O) groups excluding carboxylic acids is 2. The summed E-state index contributed by atoms with van der Waals surface area (Å²) in [5.74, 6) is -0.859. The first kappa shape index (κ1) is 20.0. The summed E-state index contributed by atoms with van der Waals surface area (Å²) in [6.45, 7) is -0.437. The quantitative estimate of drug-likeness (QED) is 0.700. The monoisotopic (exact) mass is 405 g/mol. The molecule has 8 nitrogen and oxygen atoms in total. The number of hydrogen-bond acceptors (Lipinski definition) is 6. The van der Waals surface area contributed by atoms with Gasteiger partial charge in [0.05, 0.1) is 12.7 Å². The fraction of sp³-hybridized carbons (Fsp3) is 0.167. The lowest BCUT2D eigenvalue weighted by molar-refractivity contribution is -0.137. The molecule has 0 fully saturated rings. The van der Waals surface area contributed by atoms with Gasteiger partial charge in [0.25, 0.3) is 5.91 Å². The first-order valence-electron chi connectivity index (χ1n) is 8.20. The van der Waals surface area contributed by atoms with Gasteiger partial charge >= 0.3 is 6.18 Å². The number of carbonyl (C=O) groups is 2. The molecule has 150 valence electrons. The molecule has 2 amide bonds. The molecule has 0 spiro atoms. The van der Waals surface area contributed by atoms with Gasteiger partial charge < -0.3 is 4.74 Å². The molecule has 0 saturated heterocycles. The summed E-state index contributed by atoms with van der Waals surface area (Å²) in [4.78, 5) is 25.0. The molecule has 0 saturated carbocycles. The number of halogens is 3. The fourth-order valence-corrected chi connectivity index (χ4v) is 2.37. The Bertz CT molecular complexity index is 1030. The zero-order valence-corrected chi connectivity index (χ0v) is 15.0. The summed E-state index contributed by atoms with van der Waals surface area (Å²) in [5, 5.41) is 13.3. The minimum atomic E-state index is -4.51. The third-order valence-electron chi connectivity index (χ3n) is 3.79. The number of benzene rings is 2. The predicted molar refractivity (Wildman–Crippen MR) is 93.7 cm³/mol. The van der Waals surface area contributed by atoms with Crippen molar-refractivity contribution in [2.24, 2.45) is 0 Å². The lowest BCUT2D eigenvalue weighted by atomic mass is 10.1. The molecule has 3 rings (SSSR count). The molecular formula is C18H14F3N5O3. The fourth-order valence-electron chi connectivity index (χ4n) is 2.37. The highest BCUT2D eigenvalue weighted by molar-refractivity contribution is 6.04. The zero-order chi connectivity index (χ0) is 21.0. The summed E-state index contributed by atoms with van der Waals surface area (Å²) in [6.07, 6.45) is -4.51. The first-order chi connectivity index (χ1) is 13.8. The lowest BCUT2D eigenvalue weighted by Crippen LogP contribution is -2.33. The minimum absolute atomic E-state index is 0.0784. The van der Waals surface area contributed by atoms with Crippen LogP contribution in [0.25, 0.3) is 11.4 Å². The van der Waals surface area contributed by atoms with E-state index in [1.54, 1.807) is 12.1 Å². The maximum atomic E-state index is 12.8. The maximum Gasteiger partial charge on any atom is 0.416 e. The van der Waals surface area contributed by atoms with Crippen molar-refractivity contribution < 1.29 is 27.5 Å². The predicted octanol–water partition coefficient (Wildman–Crippen LogP) is 2.32. The molecular weight excluding hydrogens is 391 g/mol. The van der Waals surface area contributed by atoms with E-state index in [0.717, 1.165) is 16.9 Å². The Kier molecular flexibility index (Phi) is 5.57. The number of amides is 2. The first-order valence-corrected chi connectivity index (χ1v) is 8.20. The molecule has 0 unspecified atom stereocenters. The van der Waals surface area contributed by atoms with Crippen LogP contribution in [-0.2, 0) is 17.5 Å². The van der Waals surface area contributed by atoms with Crippen LogP contribution in [0.5, 0.6) is 5.75 Å². The molecule has 0 aliphatic heterocycles. The SMILES string of the molecule is COc1ccc(C(=O)NC(=O)Cn2nnc(-c3cccc(C(F)(F)F)c3)n2)cc1. The van der Waals surface area contributed by atoms with Crippen LogP contribution >= 0.6 is 0 Å². The number of methoxy groups -OCH3 is 1. The molecule has 3 aromatic rings. The van der Waals surface area contributed by atoms with Gasteiger partial charge in [-0.1, -0.05) is 12.1 Å². The van der Waals surface area contributed by atoms with Gasteiger partial charge in [-0.05, 0) is 41.6 Å². The Labute approximate surface area is 162 Å². The van der Waals surface area contributed by atoms with Gasteiger partial charge in [0.1, 0.15) is 12.3 Å². The summed E-state index contributed by atoms with van der Waals surface area (Å²) >= 11 is 0. The maximum absolute atomic E-state index is 12.8. The van der Waals surface area contributed by atoms with E-state index in [9.17, 15) is 22.8 Å². The van der Waals surface area contributed by atoms with E-state index in [2.05, 4.69) is 20.7 Å². The van der Waals surface area contributed by atoms with Crippen LogP contribution in [0.2, 0.25) is 0 Å². The van der Waals surface area contributed by atoms with Crippen molar-refractivity contribution in [1.82, 2.24) is 25.5 Å². The summed E-state index contributed by atoms with van der Waals surface area (Å²) in [6, 6.07) is 10.5. The van der Waals surface area contributed by atoms with E-state index in [1.807, 2.05) is 0 Å². The number of nitrogens with zero attached hydrogens (tertiary/aromatic N) is 4. The molecule has 0 bridgehead atoms. The lowest BCUT2D eigenvalue weighted by Gasteiger charge is -2.06. The van der Waals surface area contributed by atoms with Crippen molar-refractivity contribution >= 4 is 11.8 Å². The molecule has 0 radical (unpaired) electrons. The zero-order valence-electron chi connectivity index (χ0n) is 15.0. The van der Waals surface area contributed by atoms with Crippen LogP contribution in [0.4, 0.5) is 13.2 Å². The Morgan fingerprint density at radius 1 is 1.14 bits per heavy atom. The van der Waals surface area contributed by atoms with E-state index >= 15 is 0 Å².